The standard InChI is InChI=1S/C16H25N3O2/c1-2-3-18-4-6-19(7-5-18)10-13-8-15(17)9-14-11-20-12-21-16(13)14/h8-9H,2-7,10-12,17H2,1H3. The Hall–Kier alpha value is -1.30. The van der Waals surface area contributed by atoms with E-state index in [1.165, 1.54) is 18.5 Å². The van der Waals surface area contributed by atoms with Gasteiger partial charge in [-0.2, -0.15) is 0 Å². The second-order valence-electron chi connectivity index (χ2n) is 5.90. The van der Waals surface area contributed by atoms with Gasteiger partial charge in [-0.3, -0.25) is 4.90 Å². The normalized spacial score (nSPS) is 20.0. The molecule has 1 aromatic rings. The third-order valence-electron chi connectivity index (χ3n) is 4.21. The highest BCUT2D eigenvalue weighted by Crippen LogP contribution is 2.31. The quantitative estimate of drug-likeness (QED) is 0.855. The Kier molecular flexibility index (Phi) is 4.63. The SMILES string of the molecule is CCCN1CCN(Cc2cc(N)cc3c2OCOC3)CC1. The molecule has 5 nitrogen and oxygen atoms in total. The number of hydrogen-bond acceptors (Lipinski definition) is 5. The molecule has 2 N–H and O–H groups in total. The Balaban J connectivity index is 1.67. The van der Waals surface area contributed by atoms with Gasteiger partial charge in [0.2, 0.25) is 0 Å². The van der Waals surface area contributed by atoms with Crippen molar-refractivity contribution in [3.8, 4) is 5.75 Å². The molecular formula is C16H25N3O2. The van der Waals surface area contributed by atoms with Crippen molar-refractivity contribution in [2.45, 2.75) is 26.5 Å². The molecule has 1 fully saturated rings. The first-order valence-corrected chi connectivity index (χ1v) is 7.83. The average Bonchev–Trinajstić information content (AvgIpc) is 2.49. The lowest BCUT2D eigenvalue weighted by Crippen LogP contribution is -2.46. The third-order valence-corrected chi connectivity index (χ3v) is 4.21. The number of nitrogen functional groups attached to an aromatic ring is 1. The van der Waals surface area contributed by atoms with Crippen LogP contribution in [0.3, 0.4) is 0 Å². The van der Waals surface area contributed by atoms with E-state index < -0.39 is 0 Å². The van der Waals surface area contributed by atoms with Crippen molar-refractivity contribution in [3.63, 3.8) is 0 Å². The van der Waals surface area contributed by atoms with E-state index in [0.29, 0.717) is 13.4 Å². The molecule has 0 saturated carbocycles. The number of nitrogens with two attached hydrogens (primary N) is 1. The minimum absolute atomic E-state index is 0.341. The van der Waals surface area contributed by atoms with Gasteiger partial charge in [-0.15, -0.1) is 0 Å². The van der Waals surface area contributed by atoms with Gasteiger partial charge in [-0.25, -0.2) is 0 Å². The number of rotatable bonds is 4. The molecule has 1 saturated heterocycles. The van der Waals surface area contributed by atoms with E-state index in [1.807, 2.05) is 12.1 Å². The first-order valence-electron chi connectivity index (χ1n) is 7.83. The minimum Gasteiger partial charge on any atom is -0.467 e. The van der Waals surface area contributed by atoms with Gasteiger partial charge in [0.25, 0.3) is 0 Å². The third kappa shape index (κ3) is 3.48. The van der Waals surface area contributed by atoms with Gasteiger partial charge in [0.05, 0.1) is 6.61 Å². The van der Waals surface area contributed by atoms with E-state index in [1.54, 1.807) is 0 Å². The first-order chi connectivity index (χ1) is 10.3. The van der Waals surface area contributed by atoms with Gasteiger partial charge >= 0.3 is 0 Å². The molecule has 0 spiro atoms. The maximum absolute atomic E-state index is 6.01. The number of ether oxygens (including phenoxy) is 2. The van der Waals surface area contributed by atoms with E-state index >= 15 is 0 Å². The summed E-state index contributed by atoms with van der Waals surface area (Å²) in [7, 11) is 0. The fourth-order valence-corrected chi connectivity index (χ4v) is 3.17. The van der Waals surface area contributed by atoms with Crippen molar-refractivity contribution in [2.24, 2.45) is 0 Å². The average molecular weight is 291 g/mol. The number of anilines is 1. The second kappa shape index (κ2) is 6.64. The van der Waals surface area contributed by atoms with Gasteiger partial charge < -0.3 is 20.1 Å². The summed E-state index contributed by atoms with van der Waals surface area (Å²) in [6.07, 6.45) is 1.23. The van der Waals surface area contributed by atoms with Crippen molar-refractivity contribution < 1.29 is 9.47 Å². The number of benzene rings is 1. The number of fused-ring (bicyclic) bond motifs is 1. The zero-order valence-electron chi connectivity index (χ0n) is 12.8. The molecule has 1 aromatic carbocycles. The summed E-state index contributed by atoms with van der Waals surface area (Å²) >= 11 is 0. The molecule has 0 aromatic heterocycles. The number of nitrogens with zero attached hydrogens (tertiary/aromatic N) is 2. The highest BCUT2D eigenvalue weighted by Gasteiger charge is 2.21. The van der Waals surface area contributed by atoms with Crippen molar-refractivity contribution in [1.82, 2.24) is 9.80 Å². The van der Waals surface area contributed by atoms with E-state index in [4.69, 9.17) is 15.2 Å². The zero-order chi connectivity index (χ0) is 14.7. The molecule has 2 aliphatic rings. The molecule has 0 unspecified atom stereocenters. The summed E-state index contributed by atoms with van der Waals surface area (Å²) in [4.78, 5) is 5.02. The predicted octanol–water partition coefficient (Wildman–Crippen LogP) is 1.66. The van der Waals surface area contributed by atoms with Gasteiger partial charge in [-0.05, 0) is 25.1 Å². The summed E-state index contributed by atoms with van der Waals surface area (Å²) in [6, 6.07) is 4.00. The molecule has 0 radical (unpaired) electrons. The van der Waals surface area contributed by atoms with Crippen molar-refractivity contribution in [1.29, 1.82) is 0 Å². The first kappa shape index (κ1) is 14.6. The van der Waals surface area contributed by atoms with Crippen molar-refractivity contribution >= 4 is 5.69 Å². The van der Waals surface area contributed by atoms with Crippen LogP contribution < -0.4 is 10.5 Å². The molecule has 0 aliphatic carbocycles. The summed E-state index contributed by atoms with van der Waals surface area (Å²) < 4.78 is 11.0. The van der Waals surface area contributed by atoms with E-state index in [2.05, 4.69) is 16.7 Å². The van der Waals surface area contributed by atoms with Crippen LogP contribution in [-0.4, -0.2) is 49.3 Å². The predicted molar refractivity (Wildman–Crippen MR) is 83.1 cm³/mol. The van der Waals surface area contributed by atoms with Crippen LogP contribution in [0.25, 0.3) is 0 Å². The number of piperazine rings is 1. The van der Waals surface area contributed by atoms with Crippen LogP contribution in [0, 0.1) is 0 Å². The lowest BCUT2D eigenvalue weighted by Gasteiger charge is -2.35. The maximum atomic E-state index is 6.01. The van der Waals surface area contributed by atoms with Crippen molar-refractivity contribution in [3.05, 3.63) is 23.3 Å². The monoisotopic (exact) mass is 291 g/mol. The molecule has 0 atom stereocenters. The molecule has 116 valence electrons. The highest BCUT2D eigenvalue weighted by atomic mass is 16.7. The Labute approximate surface area is 126 Å². The van der Waals surface area contributed by atoms with Crippen LogP contribution in [0.1, 0.15) is 24.5 Å². The van der Waals surface area contributed by atoms with Crippen LogP contribution in [0.5, 0.6) is 5.75 Å². The maximum Gasteiger partial charge on any atom is 0.189 e. The Morgan fingerprint density at radius 3 is 2.67 bits per heavy atom. The van der Waals surface area contributed by atoms with Crippen LogP contribution in [0.15, 0.2) is 12.1 Å². The molecule has 2 aliphatic heterocycles. The largest absolute Gasteiger partial charge is 0.467 e. The smallest absolute Gasteiger partial charge is 0.189 e. The summed E-state index contributed by atoms with van der Waals surface area (Å²) in [5, 5.41) is 0. The zero-order valence-corrected chi connectivity index (χ0v) is 12.8. The molecule has 3 rings (SSSR count). The van der Waals surface area contributed by atoms with E-state index in [0.717, 1.165) is 49.7 Å². The van der Waals surface area contributed by atoms with Crippen LogP contribution >= 0.6 is 0 Å². The van der Waals surface area contributed by atoms with Crippen LogP contribution in [0.4, 0.5) is 5.69 Å². The lowest BCUT2D eigenvalue weighted by atomic mass is 10.1. The van der Waals surface area contributed by atoms with Crippen molar-refractivity contribution in [2.75, 3.05) is 45.3 Å². The van der Waals surface area contributed by atoms with Gasteiger partial charge in [0.15, 0.2) is 6.79 Å². The molecular weight excluding hydrogens is 266 g/mol. The Morgan fingerprint density at radius 2 is 1.90 bits per heavy atom. The summed E-state index contributed by atoms with van der Waals surface area (Å²) in [5.41, 5.74) is 9.07. The summed E-state index contributed by atoms with van der Waals surface area (Å²) in [5.74, 6) is 0.978. The topological polar surface area (TPSA) is 51.0 Å². The van der Waals surface area contributed by atoms with Crippen LogP contribution in [-0.2, 0) is 17.9 Å². The number of hydrogen-bond donors (Lipinski definition) is 1. The second-order valence-corrected chi connectivity index (χ2v) is 5.90. The molecule has 21 heavy (non-hydrogen) atoms. The van der Waals surface area contributed by atoms with E-state index in [-0.39, 0.29) is 0 Å². The van der Waals surface area contributed by atoms with Gasteiger partial charge in [-0.1, -0.05) is 6.92 Å². The fourth-order valence-electron chi connectivity index (χ4n) is 3.17. The lowest BCUT2D eigenvalue weighted by molar-refractivity contribution is -0.0176. The fraction of sp³-hybridized carbons (Fsp3) is 0.625. The highest BCUT2D eigenvalue weighted by molar-refractivity contribution is 5.53. The molecule has 5 heteroatoms. The van der Waals surface area contributed by atoms with E-state index in [9.17, 15) is 0 Å². The molecule has 2 heterocycles. The Morgan fingerprint density at radius 1 is 1.14 bits per heavy atom. The Bertz CT molecular complexity index is 485. The minimum atomic E-state index is 0.341. The molecule has 0 bridgehead atoms. The van der Waals surface area contributed by atoms with Gasteiger partial charge in [0, 0.05) is 49.5 Å². The van der Waals surface area contributed by atoms with Crippen LogP contribution in [0.2, 0.25) is 0 Å². The molecule has 0 amide bonds. The summed E-state index contributed by atoms with van der Waals surface area (Å²) in [6.45, 7) is 9.83. The van der Waals surface area contributed by atoms with Gasteiger partial charge in [0.1, 0.15) is 5.75 Å².